The lowest BCUT2D eigenvalue weighted by Gasteiger charge is -2.39. The second-order valence-corrected chi connectivity index (χ2v) is 6.47. The van der Waals surface area contributed by atoms with Gasteiger partial charge in [-0.25, -0.2) is 0 Å². The zero-order valence-electron chi connectivity index (χ0n) is 14.9. The summed E-state index contributed by atoms with van der Waals surface area (Å²) in [7, 11) is 0. The van der Waals surface area contributed by atoms with E-state index in [-0.39, 0.29) is 0 Å². The maximum atomic E-state index is 13.5. The highest BCUT2D eigenvalue weighted by Gasteiger charge is 2.48. The third kappa shape index (κ3) is 2.70. The lowest BCUT2D eigenvalue weighted by atomic mass is 9.83. The molecular formula is C24H16N2O2. The van der Waals surface area contributed by atoms with Crippen LogP contribution in [-0.4, -0.2) is 17.2 Å². The van der Waals surface area contributed by atoms with E-state index in [0.29, 0.717) is 16.8 Å². The van der Waals surface area contributed by atoms with Crippen LogP contribution < -0.4 is 4.90 Å². The molecule has 1 amide bonds. The largest absolute Gasteiger partial charge is 0.290 e. The number of nitriles is 1. The Labute approximate surface area is 163 Å². The van der Waals surface area contributed by atoms with Crippen molar-refractivity contribution in [2.45, 2.75) is 5.54 Å². The minimum absolute atomic E-state index is 0.374. The van der Waals surface area contributed by atoms with Gasteiger partial charge in [-0.3, -0.25) is 14.5 Å². The van der Waals surface area contributed by atoms with Gasteiger partial charge in [0.05, 0.1) is 5.69 Å². The number of fused-ring (bicyclic) bond motifs is 1. The molecule has 4 heteroatoms. The van der Waals surface area contributed by atoms with Gasteiger partial charge in [0.25, 0.3) is 5.91 Å². The molecule has 1 aliphatic rings. The molecular weight excluding hydrogens is 348 g/mol. The SMILES string of the molecule is N#C[C@@]1(C(=O)c2ccccc2)C=Cc2ccccc2N1C(=O)c1ccccc1. The molecule has 0 spiro atoms. The third-order valence-electron chi connectivity index (χ3n) is 4.81. The summed E-state index contributed by atoms with van der Waals surface area (Å²) in [6.07, 6.45) is 3.25. The molecule has 28 heavy (non-hydrogen) atoms. The Morgan fingerprint density at radius 1 is 0.786 bits per heavy atom. The first-order chi connectivity index (χ1) is 13.7. The number of hydrogen-bond acceptors (Lipinski definition) is 3. The molecule has 0 saturated heterocycles. The van der Waals surface area contributed by atoms with Crippen molar-refractivity contribution in [3.05, 3.63) is 108 Å². The molecule has 134 valence electrons. The normalized spacial score (nSPS) is 17.5. The van der Waals surface area contributed by atoms with Crippen LogP contribution in [0.25, 0.3) is 6.08 Å². The van der Waals surface area contributed by atoms with Crippen LogP contribution in [0.15, 0.2) is 91.0 Å². The second-order valence-electron chi connectivity index (χ2n) is 6.47. The van der Waals surface area contributed by atoms with Crippen LogP contribution in [-0.2, 0) is 0 Å². The third-order valence-corrected chi connectivity index (χ3v) is 4.81. The Kier molecular flexibility index (Phi) is 4.35. The summed E-state index contributed by atoms with van der Waals surface area (Å²) in [6.45, 7) is 0. The number of Topliss-reactive ketones (excluding diaryl/α,β-unsaturated/α-hetero) is 1. The molecule has 3 aromatic carbocycles. The number of hydrogen-bond donors (Lipinski definition) is 0. The zero-order chi connectivity index (χ0) is 19.6. The quantitative estimate of drug-likeness (QED) is 0.643. The highest BCUT2D eigenvalue weighted by Crippen LogP contribution is 2.37. The summed E-state index contributed by atoms with van der Waals surface area (Å²) in [5.74, 6) is -0.839. The molecule has 4 rings (SSSR count). The van der Waals surface area contributed by atoms with Gasteiger partial charge in [-0.2, -0.15) is 5.26 Å². The second kappa shape index (κ2) is 6.98. The van der Waals surface area contributed by atoms with E-state index in [2.05, 4.69) is 6.07 Å². The molecule has 1 atom stereocenters. The van der Waals surface area contributed by atoms with E-state index in [1.54, 1.807) is 72.8 Å². The van der Waals surface area contributed by atoms with Crippen molar-refractivity contribution in [3.63, 3.8) is 0 Å². The van der Waals surface area contributed by atoms with Crippen molar-refractivity contribution in [1.29, 1.82) is 5.26 Å². The fraction of sp³-hybridized carbons (Fsp3) is 0.0417. The van der Waals surface area contributed by atoms with Gasteiger partial charge >= 0.3 is 0 Å². The zero-order valence-corrected chi connectivity index (χ0v) is 14.9. The Balaban J connectivity index is 1.93. The van der Waals surface area contributed by atoms with Gasteiger partial charge in [0, 0.05) is 11.1 Å². The van der Waals surface area contributed by atoms with Crippen molar-refractivity contribution in [2.24, 2.45) is 0 Å². The minimum atomic E-state index is -1.76. The number of para-hydroxylation sites is 1. The van der Waals surface area contributed by atoms with Gasteiger partial charge < -0.3 is 0 Å². The smallest absolute Gasteiger partial charge is 0.260 e. The number of nitrogens with zero attached hydrogens (tertiary/aromatic N) is 2. The molecule has 0 bridgehead atoms. The molecule has 3 aromatic rings. The van der Waals surface area contributed by atoms with Crippen LogP contribution in [0.3, 0.4) is 0 Å². The van der Waals surface area contributed by atoms with E-state index in [9.17, 15) is 14.9 Å². The van der Waals surface area contributed by atoms with E-state index < -0.39 is 17.2 Å². The summed E-state index contributed by atoms with van der Waals surface area (Å²) in [5.41, 5.74) is 0.332. The van der Waals surface area contributed by atoms with Gasteiger partial charge in [-0.15, -0.1) is 0 Å². The van der Waals surface area contributed by atoms with Crippen molar-refractivity contribution in [3.8, 4) is 6.07 Å². The molecule has 0 aliphatic carbocycles. The van der Waals surface area contributed by atoms with Crippen molar-refractivity contribution in [1.82, 2.24) is 0 Å². The topological polar surface area (TPSA) is 61.2 Å². The molecule has 1 aliphatic heterocycles. The van der Waals surface area contributed by atoms with E-state index >= 15 is 0 Å². The van der Waals surface area contributed by atoms with Crippen LogP contribution in [0.4, 0.5) is 5.69 Å². The molecule has 0 saturated carbocycles. The maximum absolute atomic E-state index is 13.5. The van der Waals surface area contributed by atoms with Crippen LogP contribution in [0.1, 0.15) is 26.3 Å². The van der Waals surface area contributed by atoms with Gasteiger partial charge in [-0.1, -0.05) is 72.8 Å². The Hall–Kier alpha value is -3.97. The molecule has 0 aromatic heterocycles. The van der Waals surface area contributed by atoms with Crippen molar-refractivity contribution >= 4 is 23.5 Å². The number of amides is 1. The van der Waals surface area contributed by atoms with Crippen LogP contribution in [0, 0.1) is 11.3 Å². The maximum Gasteiger partial charge on any atom is 0.260 e. The molecule has 0 fully saturated rings. The fourth-order valence-electron chi connectivity index (χ4n) is 3.41. The number of benzene rings is 3. The summed E-state index contributed by atoms with van der Waals surface area (Å²) in [4.78, 5) is 28.2. The fourth-order valence-corrected chi connectivity index (χ4v) is 3.41. The van der Waals surface area contributed by atoms with E-state index in [1.165, 1.54) is 11.0 Å². The molecule has 0 unspecified atom stereocenters. The van der Waals surface area contributed by atoms with Gasteiger partial charge in [-0.05, 0) is 29.8 Å². The Morgan fingerprint density at radius 2 is 1.36 bits per heavy atom. The number of carbonyl (C=O) groups excluding carboxylic acids is 2. The van der Waals surface area contributed by atoms with Crippen molar-refractivity contribution in [2.75, 3.05) is 4.90 Å². The number of rotatable bonds is 3. The van der Waals surface area contributed by atoms with Gasteiger partial charge in [0.15, 0.2) is 0 Å². The Morgan fingerprint density at radius 3 is 2.00 bits per heavy atom. The van der Waals surface area contributed by atoms with E-state index in [4.69, 9.17) is 0 Å². The van der Waals surface area contributed by atoms with E-state index in [0.717, 1.165) is 5.56 Å². The number of ketones is 1. The standard InChI is InChI=1S/C24H16N2O2/c25-17-24(22(27)19-10-3-1-4-11-19)16-15-18-9-7-8-14-21(18)26(24)23(28)20-12-5-2-6-13-20/h1-16H/t24-/m1/s1. The summed E-state index contributed by atoms with van der Waals surface area (Å²) in [5, 5.41) is 10.1. The molecule has 4 nitrogen and oxygen atoms in total. The lowest BCUT2D eigenvalue weighted by Crippen LogP contribution is -2.56. The average molecular weight is 364 g/mol. The van der Waals surface area contributed by atoms with Gasteiger partial charge in [0.1, 0.15) is 6.07 Å². The van der Waals surface area contributed by atoms with Crippen molar-refractivity contribution < 1.29 is 9.59 Å². The molecule has 0 radical (unpaired) electrons. The first kappa shape index (κ1) is 17.4. The predicted molar refractivity (Wildman–Crippen MR) is 108 cm³/mol. The highest BCUT2D eigenvalue weighted by molar-refractivity contribution is 6.20. The summed E-state index contributed by atoms with van der Waals surface area (Å²) < 4.78 is 0. The minimum Gasteiger partial charge on any atom is -0.290 e. The lowest BCUT2D eigenvalue weighted by molar-refractivity contribution is 0.0884. The van der Waals surface area contributed by atoms with Crippen LogP contribution in [0.5, 0.6) is 0 Å². The summed E-state index contributed by atoms with van der Waals surface area (Å²) in [6, 6.07) is 26.6. The van der Waals surface area contributed by atoms with Crippen LogP contribution >= 0.6 is 0 Å². The summed E-state index contributed by atoms with van der Waals surface area (Å²) >= 11 is 0. The van der Waals surface area contributed by atoms with Gasteiger partial charge in [0.2, 0.25) is 11.3 Å². The predicted octanol–water partition coefficient (Wildman–Crippen LogP) is 4.51. The number of carbonyl (C=O) groups is 2. The first-order valence-electron chi connectivity index (χ1n) is 8.86. The first-order valence-corrected chi connectivity index (χ1v) is 8.86. The highest BCUT2D eigenvalue weighted by atomic mass is 16.2. The molecule has 0 N–H and O–H groups in total. The van der Waals surface area contributed by atoms with E-state index in [1.807, 2.05) is 18.2 Å². The average Bonchev–Trinajstić information content (AvgIpc) is 2.78. The monoisotopic (exact) mass is 364 g/mol. The number of anilines is 1. The van der Waals surface area contributed by atoms with Crippen LogP contribution in [0.2, 0.25) is 0 Å². The Bertz CT molecular complexity index is 1110. The molecule has 1 heterocycles.